The lowest BCUT2D eigenvalue weighted by atomic mass is 9.95. The van der Waals surface area contributed by atoms with E-state index < -0.39 is 28.5 Å². The smallest absolute Gasteiger partial charge is 0.264 e. The van der Waals surface area contributed by atoms with Gasteiger partial charge in [0, 0.05) is 17.6 Å². The predicted molar refractivity (Wildman–Crippen MR) is 168 cm³/mol. The number of rotatable bonds is 12. The fraction of sp³-hybridized carbons (Fsp3) is 0.394. The molecule has 1 atom stereocenters. The largest absolute Gasteiger partial charge is 0.352 e. The Morgan fingerprint density at radius 3 is 2.29 bits per heavy atom. The van der Waals surface area contributed by atoms with E-state index in [1.807, 2.05) is 50.2 Å². The maximum absolute atomic E-state index is 14.2. The zero-order chi connectivity index (χ0) is 30.1. The molecule has 0 radical (unpaired) electrons. The molecule has 0 aliphatic heterocycles. The summed E-state index contributed by atoms with van der Waals surface area (Å²) in [7, 11) is -4.13. The number of carbonyl (C=O) groups is 2. The van der Waals surface area contributed by atoms with Crippen molar-refractivity contribution in [2.75, 3.05) is 17.4 Å². The molecule has 1 aliphatic rings. The minimum atomic E-state index is -4.13. The van der Waals surface area contributed by atoms with E-state index in [0.717, 1.165) is 41.1 Å². The molecule has 4 rings (SSSR count). The fourth-order valence-corrected chi connectivity index (χ4v) is 7.02. The van der Waals surface area contributed by atoms with E-state index in [2.05, 4.69) is 5.32 Å². The summed E-state index contributed by atoms with van der Waals surface area (Å²) >= 11 is 6.03. The summed E-state index contributed by atoms with van der Waals surface area (Å²) < 4.78 is 29.1. The summed E-state index contributed by atoms with van der Waals surface area (Å²) in [6.07, 6.45) is 6.13. The molecule has 0 saturated heterocycles. The Morgan fingerprint density at radius 2 is 1.64 bits per heavy atom. The maximum atomic E-state index is 14.2. The second-order valence-corrected chi connectivity index (χ2v) is 13.2. The Bertz CT molecular complexity index is 1440. The number of hydrogen-bond donors (Lipinski definition) is 1. The third kappa shape index (κ3) is 8.13. The molecular weight excluding hydrogens is 570 g/mol. The molecule has 7 nitrogen and oxygen atoms in total. The third-order valence-electron chi connectivity index (χ3n) is 7.79. The number of benzene rings is 3. The molecule has 0 heterocycles. The summed E-state index contributed by atoms with van der Waals surface area (Å²) in [6, 6.07) is 22.1. The van der Waals surface area contributed by atoms with Gasteiger partial charge in [-0.1, -0.05) is 80.3 Å². The summed E-state index contributed by atoms with van der Waals surface area (Å²) in [5.41, 5.74) is 2.26. The average molecular weight is 610 g/mol. The SMILES string of the molecule is CC[C@H](C(=O)NC1CCCCC1)N(CCc1ccccc1)C(=O)CN(c1cccc(C)c1)S(=O)(=O)c1ccc(Cl)cc1. The zero-order valence-corrected chi connectivity index (χ0v) is 25.9. The van der Waals surface area contributed by atoms with Crippen molar-refractivity contribution in [3.05, 3.63) is 95.0 Å². The van der Waals surface area contributed by atoms with Crippen molar-refractivity contribution in [1.82, 2.24) is 10.2 Å². The molecule has 0 spiro atoms. The van der Waals surface area contributed by atoms with Gasteiger partial charge in [0.05, 0.1) is 10.6 Å². The van der Waals surface area contributed by atoms with E-state index in [4.69, 9.17) is 11.6 Å². The van der Waals surface area contributed by atoms with E-state index in [9.17, 15) is 18.0 Å². The van der Waals surface area contributed by atoms with E-state index >= 15 is 0 Å². The monoisotopic (exact) mass is 609 g/mol. The highest BCUT2D eigenvalue weighted by Crippen LogP contribution is 2.26. The number of anilines is 1. The number of carbonyl (C=O) groups excluding carboxylic acids is 2. The topological polar surface area (TPSA) is 86.8 Å². The van der Waals surface area contributed by atoms with Crippen LogP contribution in [0.15, 0.2) is 83.8 Å². The Hall–Kier alpha value is -3.36. The normalized spacial score (nSPS) is 14.6. The molecule has 0 aromatic heterocycles. The van der Waals surface area contributed by atoms with E-state index in [0.29, 0.717) is 23.6 Å². The van der Waals surface area contributed by atoms with E-state index in [-0.39, 0.29) is 23.4 Å². The van der Waals surface area contributed by atoms with Crippen LogP contribution in [0.3, 0.4) is 0 Å². The Balaban J connectivity index is 1.66. The van der Waals surface area contributed by atoms with Crippen LogP contribution in [0, 0.1) is 6.92 Å². The molecule has 1 saturated carbocycles. The molecule has 1 aliphatic carbocycles. The number of sulfonamides is 1. The zero-order valence-electron chi connectivity index (χ0n) is 24.3. The van der Waals surface area contributed by atoms with Crippen LogP contribution in [-0.2, 0) is 26.0 Å². The summed E-state index contributed by atoms with van der Waals surface area (Å²) in [5.74, 6) is -0.621. The lowest BCUT2D eigenvalue weighted by molar-refractivity contribution is -0.140. The van der Waals surface area contributed by atoms with Crippen LogP contribution in [0.25, 0.3) is 0 Å². The van der Waals surface area contributed by atoms with Crippen LogP contribution in [0.5, 0.6) is 0 Å². The summed E-state index contributed by atoms with van der Waals surface area (Å²) in [4.78, 5) is 29.4. The summed E-state index contributed by atoms with van der Waals surface area (Å²) in [5, 5.41) is 3.59. The van der Waals surface area contributed by atoms with Crippen LogP contribution in [0.4, 0.5) is 5.69 Å². The van der Waals surface area contributed by atoms with Gasteiger partial charge >= 0.3 is 0 Å². The van der Waals surface area contributed by atoms with Crippen LogP contribution >= 0.6 is 11.6 Å². The molecule has 1 fully saturated rings. The number of nitrogens with one attached hydrogen (secondary N) is 1. The highest BCUT2D eigenvalue weighted by molar-refractivity contribution is 7.92. The Morgan fingerprint density at radius 1 is 0.952 bits per heavy atom. The van der Waals surface area contributed by atoms with Crippen molar-refractivity contribution < 1.29 is 18.0 Å². The van der Waals surface area contributed by atoms with Crippen LogP contribution in [0.2, 0.25) is 5.02 Å². The standard InChI is InChI=1S/C33H40ClN3O4S/c1-3-31(33(39)35-28-14-8-5-9-15-28)36(22-21-26-12-6-4-7-13-26)32(38)24-37(29-16-10-11-25(2)23-29)42(40,41)30-19-17-27(34)18-20-30/h4,6-7,10-13,16-20,23,28,31H,3,5,8-9,14-15,21-22,24H2,1-2H3,(H,35,39)/t31-/m1/s1. The van der Waals surface area contributed by atoms with Crippen molar-refractivity contribution in [3.8, 4) is 0 Å². The Kier molecular flexibility index (Phi) is 11.0. The van der Waals surface area contributed by atoms with Gasteiger partial charge in [-0.25, -0.2) is 8.42 Å². The predicted octanol–water partition coefficient (Wildman–Crippen LogP) is 6.14. The molecule has 2 amide bonds. The van der Waals surface area contributed by atoms with Crippen LogP contribution in [-0.4, -0.2) is 50.3 Å². The molecule has 3 aromatic carbocycles. The van der Waals surface area contributed by atoms with Gasteiger partial charge in [-0.3, -0.25) is 13.9 Å². The first-order chi connectivity index (χ1) is 20.2. The first kappa shape index (κ1) is 31.6. The van der Waals surface area contributed by atoms with E-state index in [1.165, 1.54) is 30.7 Å². The first-order valence-corrected chi connectivity index (χ1v) is 16.5. The van der Waals surface area contributed by atoms with Gasteiger partial charge in [0.2, 0.25) is 11.8 Å². The third-order valence-corrected chi connectivity index (χ3v) is 9.83. The minimum Gasteiger partial charge on any atom is -0.352 e. The average Bonchev–Trinajstić information content (AvgIpc) is 2.99. The lowest BCUT2D eigenvalue weighted by Gasteiger charge is -2.34. The van der Waals surface area contributed by atoms with Gasteiger partial charge < -0.3 is 10.2 Å². The van der Waals surface area contributed by atoms with Crippen molar-refractivity contribution in [1.29, 1.82) is 0 Å². The summed E-state index contributed by atoms with van der Waals surface area (Å²) in [6.45, 7) is 3.59. The van der Waals surface area contributed by atoms with Gasteiger partial charge in [0.1, 0.15) is 12.6 Å². The molecule has 224 valence electrons. The van der Waals surface area contributed by atoms with Crippen molar-refractivity contribution in [3.63, 3.8) is 0 Å². The van der Waals surface area contributed by atoms with E-state index in [1.54, 1.807) is 23.1 Å². The maximum Gasteiger partial charge on any atom is 0.264 e. The number of aryl methyl sites for hydroxylation is 1. The van der Waals surface area contributed by atoms with Gasteiger partial charge in [-0.05, 0) is 80.1 Å². The second-order valence-electron chi connectivity index (χ2n) is 10.9. The quantitative estimate of drug-likeness (QED) is 0.267. The lowest BCUT2D eigenvalue weighted by Crippen LogP contribution is -2.54. The van der Waals surface area contributed by atoms with Gasteiger partial charge in [-0.2, -0.15) is 0 Å². The molecule has 1 N–H and O–H groups in total. The molecule has 0 unspecified atom stereocenters. The highest BCUT2D eigenvalue weighted by atomic mass is 35.5. The number of hydrogen-bond acceptors (Lipinski definition) is 4. The first-order valence-electron chi connectivity index (χ1n) is 14.7. The molecule has 3 aromatic rings. The highest BCUT2D eigenvalue weighted by Gasteiger charge is 2.34. The molecule has 0 bridgehead atoms. The van der Waals surface area contributed by atoms with Crippen molar-refractivity contribution >= 4 is 39.1 Å². The van der Waals surface area contributed by atoms with Crippen LogP contribution in [0.1, 0.15) is 56.6 Å². The number of amides is 2. The molecular formula is C33H40ClN3O4S. The second kappa shape index (κ2) is 14.7. The number of halogens is 1. The van der Waals surface area contributed by atoms with Crippen molar-refractivity contribution in [2.45, 2.75) is 75.8 Å². The molecule has 9 heteroatoms. The van der Waals surface area contributed by atoms with Crippen LogP contribution < -0.4 is 9.62 Å². The van der Waals surface area contributed by atoms with Crippen molar-refractivity contribution in [2.24, 2.45) is 0 Å². The Labute approximate surface area is 254 Å². The minimum absolute atomic E-state index is 0.0270. The fourth-order valence-electron chi connectivity index (χ4n) is 5.49. The van der Waals surface area contributed by atoms with Gasteiger partial charge in [-0.15, -0.1) is 0 Å². The molecule has 42 heavy (non-hydrogen) atoms. The van der Waals surface area contributed by atoms with Gasteiger partial charge in [0.15, 0.2) is 0 Å². The van der Waals surface area contributed by atoms with Gasteiger partial charge in [0.25, 0.3) is 10.0 Å². The number of nitrogens with zero attached hydrogens (tertiary/aromatic N) is 2.